The van der Waals surface area contributed by atoms with Gasteiger partial charge in [0.2, 0.25) is 5.82 Å². The summed E-state index contributed by atoms with van der Waals surface area (Å²) >= 11 is 0. The lowest BCUT2D eigenvalue weighted by Crippen LogP contribution is -2.38. The van der Waals surface area contributed by atoms with E-state index in [1.165, 1.54) is 18.4 Å². The second kappa shape index (κ2) is 6.68. The fourth-order valence-corrected chi connectivity index (χ4v) is 3.84. The fourth-order valence-electron chi connectivity index (χ4n) is 3.84. The normalized spacial score (nSPS) is 18.0. The Morgan fingerprint density at radius 1 is 0.963 bits per heavy atom. The van der Waals surface area contributed by atoms with Crippen LogP contribution >= 0.6 is 0 Å². The number of hydrogen-bond donors (Lipinski definition) is 0. The maximum Gasteiger partial charge on any atom is 0.291 e. The Morgan fingerprint density at radius 3 is 2.48 bits per heavy atom. The summed E-state index contributed by atoms with van der Waals surface area (Å²) in [4.78, 5) is 31.9. The Bertz CT molecular complexity index is 978. The van der Waals surface area contributed by atoms with Gasteiger partial charge in [0, 0.05) is 48.7 Å². The smallest absolute Gasteiger partial charge is 0.291 e. The second-order valence-electron chi connectivity index (χ2n) is 7.46. The van der Waals surface area contributed by atoms with Gasteiger partial charge in [-0.3, -0.25) is 4.79 Å². The van der Waals surface area contributed by atoms with Gasteiger partial charge in [-0.25, -0.2) is 19.9 Å². The summed E-state index contributed by atoms with van der Waals surface area (Å²) in [5, 5.41) is 1.12. The highest BCUT2D eigenvalue weighted by Gasteiger charge is 2.27. The number of carbonyl (C=O) groups is 1. The molecular formula is C21H21N5O. The molecule has 0 aromatic carbocycles. The van der Waals surface area contributed by atoms with Crippen LogP contribution in [-0.4, -0.2) is 43.8 Å². The molecule has 0 atom stereocenters. The predicted molar refractivity (Wildman–Crippen MR) is 101 cm³/mol. The summed E-state index contributed by atoms with van der Waals surface area (Å²) < 4.78 is 0. The minimum Gasteiger partial charge on any atom is -0.336 e. The van der Waals surface area contributed by atoms with Crippen molar-refractivity contribution >= 4 is 16.9 Å². The van der Waals surface area contributed by atoms with Crippen molar-refractivity contribution in [3.63, 3.8) is 0 Å². The summed E-state index contributed by atoms with van der Waals surface area (Å²) in [5.41, 5.74) is 3.25. The molecule has 136 valence electrons. The standard InChI is InChI=1S/C21H21N5O/c27-21(20-22-8-1-9-23-20)26-10-6-15(7-11-26)18-5-4-16-12-17(14-2-3-14)13-24-19(16)25-18/h1,4-5,8-9,12-15H,2-3,6-7,10-11H2. The number of aromatic nitrogens is 4. The van der Waals surface area contributed by atoms with E-state index in [4.69, 9.17) is 4.98 Å². The fraction of sp³-hybridized carbons (Fsp3) is 0.381. The summed E-state index contributed by atoms with van der Waals surface area (Å²) in [7, 11) is 0. The zero-order valence-electron chi connectivity index (χ0n) is 15.1. The van der Waals surface area contributed by atoms with Crippen LogP contribution in [0.2, 0.25) is 0 Å². The van der Waals surface area contributed by atoms with Crippen molar-refractivity contribution in [2.24, 2.45) is 0 Å². The first-order chi connectivity index (χ1) is 13.3. The number of likely N-dealkylation sites (tertiary alicyclic amines) is 1. The lowest BCUT2D eigenvalue weighted by molar-refractivity contribution is 0.0699. The lowest BCUT2D eigenvalue weighted by atomic mass is 9.92. The van der Waals surface area contributed by atoms with E-state index in [1.54, 1.807) is 18.5 Å². The molecule has 3 aromatic heterocycles. The van der Waals surface area contributed by atoms with Crippen molar-refractivity contribution in [3.8, 4) is 0 Å². The summed E-state index contributed by atoms with van der Waals surface area (Å²) in [6, 6.07) is 8.23. The largest absolute Gasteiger partial charge is 0.336 e. The number of carbonyl (C=O) groups excluding carboxylic acids is 1. The molecule has 1 amide bonds. The topological polar surface area (TPSA) is 71.9 Å². The third-order valence-electron chi connectivity index (χ3n) is 5.59. The maximum atomic E-state index is 12.5. The van der Waals surface area contributed by atoms with Crippen LogP contribution in [-0.2, 0) is 0 Å². The molecule has 0 bridgehead atoms. The molecule has 27 heavy (non-hydrogen) atoms. The molecule has 4 heterocycles. The highest BCUT2D eigenvalue weighted by Crippen LogP contribution is 2.40. The van der Waals surface area contributed by atoms with Gasteiger partial charge in [-0.2, -0.15) is 0 Å². The number of nitrogens with zero attached hydrogens (tertiary/aromatic N) is 5. The first-order valence-electron chi connectivity index (χ1n) is 9.61. The Morgan fingerprint density at radius 2 is 1.74 bits per heavy atom. The van der Waals surface area contributed by atoms with Crippen LogP contribution in [0.4, 0.5) is 0 Å². The van der Waals surface area contributed by atoms with Gasteiger partial charge in [-0.05, 0) is 61.4 Å². The molecule has 5 rings (SSSR count). The van der Waals surface area contributed by atoms with Gasteiger partial charge in [0.25, 0.3) is 5.91 Å². The molecule has 6 heteroatoms. The zero-order valence-corrected chi connectivity index (χ0v) is 15.1. The summed E-state index contributed by atoms with van der Waals surface area (Å²) in [6.45, 7) is 1.41. The first kappa shape index (κ1) is 16.3. The van der Waals surface area contributed by atoms with Crippen LogP contribution < -0.4 is 0 Å². The van der Waals surface area contributed by atoms with Crippen LogP contribution in [0.5, 0.6) is 0 Å². The van der Waals surface area contributed by atoms with Crippen molar-refractivity contribution in [1.29, 1.82) is 0 Å². The zero-order chi connectivity index (χ0) is 18.2. The van der Waals surface area contributed by atoms with Crippen molar-refractivity contribution < 1.29 is 4.79 Å². The van der Waals surface area contributed by atoms with E-state index in [-0.39, 0.29) is 11.7 Å². The van der Waals surface area contributed by atoms with Gasteiger partial charge in [0.15, 0.2) is 5.65 Å². The van der Waals surface area contributed by atoms with E-state index >= 15 is 0 Å². The van der Waals surface area contributed by atoms with E-state index < -0.39 is 0 Å². The Hall–Kier alpha value is -2.89. The Balaban J connectivity index is 1.29. The average molecular weight is 359 g/mol. The van der Waals surface area contributed by atoms with Crippen LogP contribution in [0.1, 0.15) is 59.4 Å². The molecule has 6 nitrogen and oxygen atoms in total. The van der Waals surface area contributed by atoms with E-state index in [0.29, 0.717) is 24.9 Å². The van der Waals surface area contributed by atoms with Gasteiger partial charge in [0.1, 0.15) is 0 Å². The van der Waals surface area contributed by atoms with Crippen molar-refractivity contribution in [3.05, 3.63) is 59.9 Å². The minimum absolute atomic E-state index is 0.0882. The molecule has 1 aliphatic carbocycles. The van der Waals surface area contributed by atoms with E-state index in [1.807, 2.05) is 11.1 Å². The molecule has 2 fully saturated rings. The predicted octanol–water partition coefficient (Wildman–Crippen LogP) is 3.32. The van der Waals surface area contributed by atoms with Crippen molar-refractivity contribution in [2.45, 2.75) is 37.5 Å². The second-order valence-corrected chi connectivity index (χ2v) is 7.46. The molecular weight excluding hydrogens is 338 g/mol. The number of pyridine rings is 2. The van der Waals surface area contributed by atoms with Crippen LogP contribution in [0.15, 0.2) is 42.9 Å². The number of amides is 1. The minimum atomic E-state index is -0.0882. The molecule has 1 saturated heterocycles. The van der Waals surface area contributed by atoms with Gasteiger partial charge in [-0.1, -0.05) is 0 Å². The summed E-state index contributed by atoms with van der Waals surface area (Å²) in [5.74, 6) is 1.25. The monoisotopic (exact) mass is 359 g/mol. The molecule has 0 N–H and O–H groups in total. The molecule has 0 spiro atoms. The van der Waals surface area contributed by atoms with Crippen LogP contribution in [0.25, 0.3) is 11.0 Å². The van der Waals surface area contributed by atoms with Crippen molar-refractivity contribution in [1.82, 2.24) is 24.8 Å². The summed E-state index contributed by atoms with van der Waals surface area (Å²) in [6.07, 6.45) is 9.56. The highest BCUT2D eigenvalue weighted by atomic mass is 16.2. The van der Waals surface area contributed by atoms with E-state index in [9.17, 15) is 4.79 Å². The molecule has 3 aromatic rings. The number of fused-ring (bicyclic) bond motifs is 1. The van der Waals surface area contributed by atoms with Gasteiger partial charge < -0.3 is 4.90 Å². The third kappa shape index (κ3) is 3.27. The number of hydrogen-bond acceptors (Lipinski definition) is 5. The van der Waals surface area contributed by atoms with E-state index in [0.717, 1.165) is 29.6 Å². The molecule has 1 aliphatic heterocycles. The van der Waals surface area contributed by atoms with Gasteiger partial charge in [-0.15, -0.1) is 0 Å². The highest BCUT2D eigenvalue weighted by molar-refractivity contribution is 5.90. The maximum absolute atomic E-state index is 12.5. The van der Waals surface area contributed by atoms with E-state index in [2.05, 4.69) is 33.2 Å². The Kier molecular flexibility index (Phi) is 4.03. The third-order valence-corrected chi connectivity index (χ3v) is 5.59. The van der Waals surface area contributed by atoms with Gasteiger partial charge >= 0.3 is 0 Å². The number of rotatable bonds is 3. The first-order valence-corrected chi connectivity index (χ1v) is 9.61. The van der Waals surface area contributed by atoms with Crippen molar-refractivity contribution in [2.75, 3.05) is 13.1 Å². The van der Waals surface area contributed by atoms with Gasteiger partial charge in [0.05, 0.1) is 0 Å². The average Bonchev–Trinajstić information content (AvgIpc) is 3.59. The number of piperidine rings is 1. The lowest BCUT2D eigenvalue weighted by Gasteiger charge is -2.31. The molecule has 2 aliphatic rings. The van der Waals surface area contributed by atoms with Crippen LogP contribution in [0, 0.1) is 0 Å². The molecule has 1 saturated carbocycles. The Labute approximate surface area is 157 Å². The molecule has 0 radical (unpaired) electrons. The van der Waals surface area contributed by atoms with Crippen LogP contribution in [0.3, 0.4) is 0 Å². The SMILES string of the molecule is O=C(c1ncccn1)N1CCC(c2ccc3cc(C4CC4)cnc3n2)CC1. The quantitative estimate of drug-likeness (QED) is 0.717. The molecule has 0 unspecified atom stereocenters.